The molecule has 0 saturated carbocycles. The second kappa shape index (κ2) is 6.24. The maximum Gasteiger partial charge on any atom is 0.363 e. The van der Waals surface area contributed by atoms with E-state index in [4.69, 9.17) is 14.6 Å². The molecule has 110 valence electrons. The molecule has 0 spiro atoms. The SMILES string of the molecule is O=C1OC(c2cccc(OCO)c2)=N/C1=C/c1ccccc1. The zero-order valence-electron chi connectivity index (χ0n) is 11.6. The van der Waals surface area contributed by atoms with Crippen molar-refractivity contribution in [3.63, 3.8) is 0 Å². The fraction of sp³-hybridized carbons (Fsp3) is 0.0588. The molecule has 1 aliphatic heterocycles. The molecule has 0 radical (unpaired) electrons. The van der Waals surface area contributed by atoms with Gasteiger partial charge in [-0.2, -0.15) is 0 Å². The van der Waals surface area contributed by atoms with E-state index in [2.05, 4.69) is 4.99 Å². The van der Waals surface area contributed by atoms with E-state index in [0.717, 1.165) is 5.56 Å². The first kappa shape index (κ1) is 14.0. The van der Waals surface area contributed by atoms with E-state index in [9.17, 15) is 4.79 Å². The van der Waals surface area contributed by atoms with Gasteiger partial charge in [0.15, 0.2) is 12.5 Å². The normalized spacial score (nSPS) is 15.6. The highest BCUT2D eigenvalue weighted by Crippen LogP contribution is 2.21. The quantitative estimate of drug-likeness (QED) is 0.534. The number of rotatable bonds is 4. The van der Waals surface area contributed by atoms with Gasteiger partial charge in [-0.05, 0) is 29.8 Å². The summed E-state index contributed by atoms with van der Waals surface area (Å²) < 4.78 is 10.2. The topological polar surface area (TPSA) is 68.1 Å². The molecule has 0 fully saturated rings. The summed E-state index contributed by atoms with van der Waals surface area (Å²) in [5, 5.41) is 8.78. The van der Waals surface area contributed by atoms with Crippen molar-refractivity contribution < 1.29 is 19.4 Å². The molecular formula is C17H13NO4. The van der Waals surface area contributed by atoms with Crippen molar-refractivity contribution in [2.75, 3.05) is 6.79 Å². The maximum absolute atomic E-state index is 11.9. The van der Waals surface area contributed by atoms with Crippen molar-refractivity contribution in [1.82, 2.24) is 0 Å². The molecule has 0 aromatic heterocycles. The van der Waals surface area contributed by atoms with Gasteiger partial charge < -0.3 is 14.6 Å². The van der Waals surface area contributed by atoms with Gasteiger partial charge in [-0.1, -0.05) is 36.4 Å². The van der Waals surface area contributed by atoms with Crippen LogP contribution < -0.4 is 4.74 Å². The third-order valence-electron chi connectivity index (χ3n) is 3.04. The molecule has 0 bridgehead atoms. The molecule has 1 N–H and O–H groups in total. The van der Waals surface area contributed by atoms with Crippen LogP contribution in [-0.4, -0.2) is 23.8 Å². The lowest BCUT2D eigenvalue weighted by Gasteiger charge is -2.04. The first-order valence-electron chi connectivity index (χ1n) is 6.68. The lowest BCUT2D eigenvalue weighted by Crippen LogP contribution is -2.05. The number of carbonyl (C=O) groups is 1. The van der Waals surface area contributed by atoms with Crippen molar-refractivity contribution in [3.05, 3.63) is 71.4 Å². The number of aliphatic imine (C=N–C) groups is 1. The minimum atomic E-state index is -0.493. The predicted octanol–water partition coefficient (Wildman–Crippen LogP) is 2.36. The lowest BCUT2D eigenvalue weighted by atomic mass is 10.2. The van der Waals surface area contributed by atoms with Gasteiger partial charge in [0, 0.05) is 5.56 Å². The summed E-state index contributed by atoms with van der Waals surface area (Å²) in [5.41, 5.74) is 1.72. The highest BCUT2D eigenvalue weighted by molar-refractivity contribution is 6.12. The number of cyclic esters (lactones) is 1. The monoisotopic (exact) mass is 295 g/mol. The third-order valence-corrected chi connectivity index (χ3v) is 3.04. The van der Waals surface area contributed by atoms with Crippen molar-refractivity contribution in [1.29, 1.82) is 0 Å². The van der Waals surface area contributed by atoms with E-state index in [-0.39, 0.29) is 11.6 Å². The Morgan fingerprint density at radius 2 is 1.95 bits per heavy atom. The van der Waals surface area contributed by atoms with Gasteiger partial charge in [0.1, 0.15) is 5.75 Å². The van der Waals surface area contributed by atoms with E-state index in [1.165, 1.54) is 0 Å². The second-order valence-corrected chi connectivity index (χ2v) is 4.55. The van der Waals surface area contributed by atoms with Crippen LogP contribution in [0.25, 0.3) is 6.08 Å². The van der Waals surface area contributed by atoms with Crippen molar-refractivity contribution in [2.24, 2.45) is 4.99 Å². The van der Waals surface area contributed by atoms with Gasteiger partial charge in [0.25, 0.3) is 0 Å². The van der Waals surface area contributed by atoms with Gasteiger partial charge in [-0.15, -0.1) is 0 Å². The summed E-state index contributed by atoms with van der Waals surface area (Å²) in [6.45, 7) is -0.422. The van der Waals surface area contributed by atoms with Crippen LogP contribution in [-0.2, 0) is 9.53 Å². The smallest absolute Gasteiger partial charge is 0.363 e. The Kier molecular flexibility index (Phi) is 3.98. The molecular weight excluding hydrogens is 282 g/mol. The fourth-order valence-corrected chi connectivity index (χ4v) is 2.03. The summed E-state index contributed by atoms with van der Waals surface area (Å²) in [5.74, 6) is 0.196. The summed E-state index contributed by atoms with van der Waals surface area (Å²) in [7, 11) is 0. The Balaban J connectivity index is 1.90. The third kappa shape index (κ3) is 3.05. The summed E-state index contributed by atoms with van der Waals surface area (Å²) in [6, 6.07) is 16.2. The zero-order chi connectivity index (χ0) is 15.4. The number of benzene rings is 2. The predicted molar refractivity (Wildman–Crippen MR) is 81.2 cm³/mol. The van der Waals surface area contributed by atoms with E-state index in [1.54, 1.807) is 30.3 Å². The molecule has 0 saturated heterocycles. The number of ether oxygens (including phenoxy) is 2. The lowest BCUT2D eigenvalue weighted by molar-refractivity contribution is -0.129. The van der Waals surface area contributed by atoms with E-state index < -0.39 is 12.8 Å². The number of hydrogen-bond donors (Lipinski definition) is 1. The van der Waals surface area contributed by atoms with Crippen LogP contribution >= 0.6 is 0 Å². The number of nitrogens with zero attached hydrogens (tertiary/aromatic N) is 1. The zero-order valence-corrected chi connectivity index (χ0v) is 11.6. The Labute approximate surface area is 127 Å². The average Bonchev–Trinajstić information content (AvgIpc) is 2.90. The van der Waals surface area contributed by atoms with E-state index >= 15 is 0 Å². The minimum absolute atomic E-state index is 0.218. The van der Waals surface area contributed by atoms with Crippen molar-refractivity contribution in [3.8, 4) is 5.75 Å². The van der Waals surface area contributed by atoms with Gasteiger partial charge >= 0.3 is 5.97 Å². The van der Waals surface area contributed by atoms with E-state index in [1.807, 2.05) is 30.3 Å². The molecule has 3 rings (SSSR count). The number of esters is 1. The molecule has 0 unspecified atom stereocenters. The second-order valence-electron chi connectivity index (χ2n) is 4.55. The maximum atomic E-state index is 11.9. The first-order chi connectivity index (χ1) is 10.8. The highest BCUT2D eigenvalue weighted by Gasteiger charge is 2.24. The Morgan fingerprint density at radius 3 is 2.73 bits per heavy atom. The molecule has 0 amide bonds. The molecule has 2 aromatic carbocycles. The van der Waals surface area contributed by atoms with Crippen LogP contribution in [0.5, 0.6) is 5.75 Å². The molecule has 1 heterocycles. The standard InChI is InChI=1S/C17H13NO4/c19-11-21-14-8-4-7-13(10-14)16-18-15(17(20)22-16)9-12-5-2-1-3-6-12/h1-10,19H,11H2/b15-9+. The molecule has 5 nitrogen and oxygen atoms in total. The first-order valence-corrected chi connectivity index (χ1v) is 6.68. The van der Waals surface area contributed by atoms with Crippen molar-refractivity contribution >= 4 is 17.9 Å². The number of aliphatic hydroxyl groups is 1. The molecule has 22 heavy (non-hydrogen) atoms. The Bertz CT molecular complexity index is 750. The molecule has 0 aliphatic carbocycles. The fourth-order valence-electron chi connectivity index (χ4n) is 2.03. The van der Waals surface area contributed by atoms with Gasteiger partial charge in [-0.25, -0.2) is 9.79 Å². The van der Waals surface area contributed by atoms with Crippen LogP contribution in [0.3, 0.4) is 0 Å². The molecule has 2 aromatic rings. The Hall–Kier alpha value is -2.92. The van der Waals surface area contributed by atoms with E-state index in [0.29, 0.717) is 11.3 Å². The molecule has 1 aliphatic rings. The highest BCUT2D eigenvalue weighted by atomic mass is 16.6. The van der Waals surface area contributed by atoms with Crippen LogP contribution in [0.15, 0.2) is 65.3 Å². The van der Waals surface area contributed by atoms with Gasteiger partial charge in [0.05, 0.1) is 0 Å². The van der Waals surface area contributed by atoms with Crippen LogP contribution in [0.2, 0.25) is 0 Å². The largest absolute Gasteiger partial charge is 0.468 e. The molecule has 0 atom stereocenters. The Morgan fingerprint density at radius 1 is 1.14 bits per heavy atom. The van der Waals surface area contributed by atoms with Gasteiger partial charge in [-0.3, -0.25) is 0 Å². The summed E-state index contributed by atoms with van der Waals surface area (Å²) in [6.07, 6.45) is 1.67. The van der Waals surface area contributed by atoms with Crippen LogP contribution in [0.1, 0.15) is 11.1 Å². The number of hydrogen-bond acceptors (Lipinski definition) is 5. The van der Waals surface area contributed by atoms with Crippen LogP contribution in [0, 0.1) is 0 Å². The molecule has 5 heteroatoms. The number of aliphatic hydroxyl groups excluding tert-OH is 1. The minimum Gasteiger partial charge on any atom is -0.468 e. The summed E-state index contributed by atoms with van der Waals surface area (Å²) in [4.78, 5) is 16.1. The average molecular weight is 295 g/mol. The van der Waals surface area contributed by atoms with Crippen LogP contribution in [0.4, 0.5) is 0 Å². The van der Waals surface area contributed by atoms with Gasteiger partial charge in [0.2, 0.25) is 5.90 Å². The summed E-state index contributed by atoms with van der Waals surface area (Å²) >= 11 is 0. The number of carbonyl (C=O) groups excluding carboxylic acids is 1. The van der Waals surface area contributed by atoms with Crippen molar-refractivity contribution in [2.45, 2.75) is 0 Å².